The van der Waals surface area contributed by atoms with Crippen LogP contribution in [-0.2, 0) is 16.1 Å². The molecule has 0 spiro atoms. The van der Waals surface area contributed by atoms with Crippen LogP contribution in [0.5, 0.6) is 0 Å². The molecule has 4 heteroatoms. The van der Waals surface area contributed by atoms with Gasteiger partial charge in [0.25, 0.3) is 0 Å². The van der Waals surface area contributed by atoms with Crippen LogP contribution < -0.4 is 5.32 Å². The largest absolute Gasteiger partial charge is 0.352 e. The van der Waals surface area contributed by atoms with E-state index < -0.39 is 6.04 Å². The number of benzene rings is 1. The average Bonchev–Trinajstić information content (AvgIpc) is 2.97. The van der Waals surface area contributed by atoms with Gasteiger partial charge in [0.05, 0.1) is 0 Å². The third-order valence-corrected chi connectivity index (χ3v) is 8.33. The fourth-order valence-electron chi connectivity index (χ4n) is 5.87. The van der Waals surface area contributed by atoms with Gasteiger partial charge >= 0.3 is 0 Å². The van der Waals surface area contributed by atoms with Gasteiger partial charge in [-0.1, -0.05) is 120 Å². The van der Waals surface area contributed by atoms with Crippen LogP contribution in [0.3, 0.4) is 0 Å². The van der Waals surface area contributed by atoms with Gasteiger partial charge in [0.1, 0.15) is 6.04 Å². The number of amides is 2. The van der Waals surface area contributed by atoms with E-state index in [4.69, 9.17) is 0 Å². The van der Waals surface area contributed by atoms with Crippen LogP contribution in [0.4, 0.5) is 0 Å². The van der Waals surface area contributed by atoms with Gasteiger partial charge in [-0.15, -0.1) is 13.2 Å². The molecule has 1 unspecified atom stereocenters. The molecular weight excluding hydrogens is 492 g/mol. The van der Waals surface area contributed by atoms with Gasteiger partial charge in [-0.3, -0.25) is 9.59 Å². The molecule has 1 aromatic rings. The summed E-state index contributed by atoms with van der Waals surface area (Å²) in [6.45, 7) is 8.12. The minimum Gasteiger partial charge on any atom is -0.352 e. The summed E-state index contributed by atoms with van der Waals surface area (Å²) in [5, 5.41) is 3.37. The summed E-state index contributed by atoms with van der Waals surface area (Å²) in [6, 6.07) is 10.1. The normalized spacial score (nSPS) is 14.4. The molecule has 1 atom stereocenters. The minimum atomic E-state index is -0.394. The van der Waals surface area contributed by atoms with Crippen molar-refractivity contribution in [1.29, 1.82) is 0 Å². The molecule has 1 aromatic carbocycles. The Morgan fingerprint density at radius 2 is 1.32 bits per heavy atom. The Kier molecular flexibility index (Phi) is 18.9. The highest BCUT2D eigenvalue weighted by atomic mass is 16.2. The molecule has 1 aliphatic carbocycles. The van der Waals surface area contributed by atoms with E-state index in [-0.39, 0.29) is 17.9 Å². The molecule has 4 nitrogen and oxygen atoms in total. The molecule has 1 N–H and O–H groups in total. The number of hydrogen-bond donors (Lipinski definition) is 1. The summed E-state index contributed by atoms with van der Waals surface area (Å²) in [6.07, 6.45) is 26.9. The minimum absolute atomic E-state index is 0.0596. The maximum atomic E-state index is 13.8. The summed E-state index contributed by atoms with van der Waals surface area (Å²) in [4.78, 5) is 29.4. The second kappa shape index (κ2) is 22.3. The Hall–Kier alpha value is -2.36. The number of allylic oxidation sites excluding steroid dienone is 2. The van der Waals surface area contributed by atoms with E-state index in [0.29, 0.717) is 13.0 Å². The average molecular weight is 551 g/mol. The summed E-state index contributed by atoms with van der Waals surface area (Å²) in [5.41, 5.74) is 1.09. The van der Waals surface area contributed by atoms with E-state index in [1.54, 1.807) is 0 Å². The third-order valence-electron chi connectivity index (χ3n) is 8.33. The topological polar surface area (TPSA) is 49.4 Å². The number of hydrogen-bond acceptors (Lipinski definition) is 2. The molecule has 0 heterocycles. The Bertz CT molecular complexity index is 815. The molecule has 1 aliphatic rings. The third kappa shape index (κ3) is 14.9. The fraction of sp³-hybridized carbons (Fsp3) is 0.667. The molecule has 0 aliphatic heterocycles. The van der Waals surface area contributed by atoms with E-state index in [9.17, 15) is 9.59 Å². The van der Waals surface area contributed by atoms with Crippen molar-refractivity contribution in [2.75, 3.05) is 0 Å². The first-order valence-corrected chi connectivity index (χ1v) is 16.5. The van der Waals surface area contributed by atoms with Gasteiger partial charge in [0, 0.05) is 19.0 Å². The SMILES string of the molecule is C=CCCCCCCCCC(=O)N(Cc1ccccc1)C(CCCCCCCCC=C)C(=O)NC1CCCCC1. The summed E-state index contributed by atoms with van der Waals surface area (Å²) >= 11 is 0. The van der Waals surface area contributed by atoms with Crippen molar-refractivity contribution >= 4 is 11.8 Å². The zero-order chi connectivity index (χ0) is 28.7. The Labute approximate surface area is 246 Å². The van der Waals surface area contributed by atoms with E-state index in [2.05, 4.69) is 30.6 Å². The first kappa shape index (κ1) is 33.8. The highest BCUT2D eigenvalue weighted by Gasteiger charge is 2.31. The van der Waals surface area contributed by atoms with Crippen LogP contribution in [0.15, 0.2) is 55.6 Å². The van der Waals surface area contributed by atoms with E-state index in [1.165, 1.54) is 70.6 Å². The van der Waals surface area contributed by atoms with Gasteiger partial charge in [0.2, 0.25) is 11.8 Å². The van der Waals surface area contributed by atoms with Crippen molar-refractivity contribution in [3.05, 3.63) is 61.2 Å². The summed E-state index contributed by atoms with van der Waals surface area (Å²) < 4.78 is 0. The predicted octanol–water partition coefficient (Wildman–Crippen LogP) is 9.45. The second-order valence-corrected chi connectivity index (χ2v) is 11.8. The van der Waals surface area contributed by atoms with E-state index in [1.807, 2.05) is 35.3 Å². The fourth-order valence-corrected chi connectivity index (χ4v) is 5.87. The highest BCUT2D eigenvalue weighted by Crippen LogP contribution is 2.22. The molecule has 40 heavy (non-hydrogen) atoms. The van der Waals surface area contributed by atoms with Crippen LogP contribution in [-0.4, -0.2) is 28.8 Å². The number of nitrogens with one attached hydrogen (secondary N) is 1. The monoisotopic (exact) mass is 550 g/mol. The van der Waals surface area contributed by atoms with Crippen molar-refractivity contribution in [3.8, 4) is 0 Å². The number of unbranched alkanes of at least 4 members (excludes halogenated alkanes) is 12. The lowest BCUT2D eigenvalue weighted by Gasteiger charge is -2.33. The first-order chi connectivity index (χ1) is 19.7. The molecule has 0 bridgehead atoms. The lowest BCUT2D eigenvalue weighted by atomic mass is 9.94. The van der Waals surface area contributed by atoms with Gasteiger partial charge < -0.3 is 10.2 Å². The van der Waals surface area contributed by atoms with Gasteiger partial charge in [-0.05, 0) is 56.9 Å². The molecular formula is C36H58N2O2. The van der Waals surface area contributed by atoms with Crippen molar-refractivity contribution in [1.82, 2.24) is 10.2 Å². The first-order valence-electron chi connectivity index (χ1n) is 16.5. The van der Waals surface area contributed by atoms with Crippen molar-refractivity contribution < 1.29 is 9.59 Å². The van der Waals surface area contributed by atoms with Crippen molar-refractivity contribution in [2.45, 2.75) is 153 Å². The molecule has 2 rings (SSSR count). The van der Waals surface area contributed by atoms with Crippen LogP contribution in [0.25, 0.3) is 0 Å². The quantitative estimate of drug-likeness (QED) is 0.109. The van der Waals surface area contributed by atoms with Crippen molar-refractivity contribution in [3.63, 3.8) is 0 Å². The second-order valence-electron chi connectivity index (χ2n) is 11.8. The van der Waals surface area contributed by atoms with E-state index >= 15 is 0 Å². The zero-order valence-electron chi connectivity index (χ0n) is 25.4. The Balaban J connectivity index is 2.02. The molecule has 1 saturated carbocycles. The van der Waals surface area contributed by atoms with Crippen molar-refractivity contribution in [2.24, 2.45) is 0 Å². The Morgan fingerprint density at radius 3 is 1.93 bits per heavy atom. The van der Waals surface area contributed by atoms with Crippen LogP contribution in [0.1, 0.15) is 140 Å². The summed E-state index contributed by atoms with van der Waals surface area (Å²) in [7, 11) is 0. The molecule has 1 fully saturated rings. The molecule has 224 valence electrons. The lowest BCUT2D eigenvalue weighted by Crippen LogP contribution is -2.51. The zero-order valence-corrected chi connectivity index (χ0v) is 25.4. The van der Waals surface area contributed by atoms with E-state index in [0.717, 1.165) is 63.4 Å². The number of nitrogens with zero attached hydrogens (tertiary/aromatic N) is 1. The standard InChI is InChI=1S/C36H58N2O2/c1-3-5-7-9-11-13-15-23-29-34(36(40)37-33-27-21-18-22-28-33)38(31-32-25-19-17-20-26-32)35(39)30-24-16-14-12-10-8-6-4-2/h3-4,17,19-20,25-26,33-34H,1-2,5-16,18,21-24,27-31H2,(H,37,40). The molecule has 0 aromatic heterocycles. The van der Waals surface area contributed by atoms with Crippen LogP contribution in [0, 0.1) is 0 Å². The Morgan fingerprint density at radius 1 is 0.775 bits per heavy atom. The maximum Gasteiger partial charge on any atom is 0.243 e. The highest BCUT2D eigenvalue weighted by molar-refractivity contribution is 5.87. The number of rotatable bonds is 23. The summed E-state index contributed by atoms with van der Waals surface area (Å²) in [5.74, 6) is 0.188. The molecule has 0 saturated heterocycles. The van der Waals surface area contributed by atoms with Crippen LogP contribution >= 0.6 is 0 Å². The van der Waals surface area contributed by atoms with Gasteiger partial charge in [-0.2, -0.15) is 0 Å². The maximum absolute atomic E-state index is 13.8. The molecule has 2 amide bonds. The smallest absolute Gasteiger partial charge is 0.243 e. The van der Waals surface area contributed by atoms with Gasteiger partial charge in [0.15, 0.2) is 0 Å². The number of carbonyl (C=O) groups excluding carboxylic acids is 2. The number of carbonyl (C=O) groups is 2. The van der Waals surface area contributed by atoms with Gasteiger partial charge in [-0.25, -0.2) is 0 Å². The molecule has 0 radical (unpaired) electrons. The lowest BCUT2D eigenvalue weighted by molar-refractivity contribution is -0.142. The predicted molar refractivity (Wildman–Crippen MR) is 170 cm³/mol. The van der Waals surface area contributed by atoms with Crippen LogP contribution in [0.2, 0.25) is 0 Å².